The van der Waals surface area contributed by atoms with Crippen LogP contribution in [0.15, 0.2) is 82.6 Å². The molecule has 0 bridgehead atoms. The highest BCUT2D eigenvalue weighted by molar-refractivity contribution is 7.87. The van der Waals surface area contributed by atoms with Crippen LogP contribution in [0.25, 0.3) is 0 Å². The van der Waals surface area contributed by atoms with Crippen molar-refractivity contribution < 1.29 is 49.3 Å². The molecule has 1 heterocycles. The number of aliphatic hydroxyl groups is 1. The molecule has 40 heavy (non-hydrogen) atoms. The summed E-state index contributed by atoms with van der Waals surface area (Å²) < 4.78 is 79.0. The van der Waals surface area contributed by atoms with Crippen molar-refractivity contribution in [2.24, 2.45) is 0 Å². The highest BCUT2D eigenvalue weighted by Gasteiger charge is 2.48. The molecule has 0 aromatic heterocycles. The summed E-state index contributed by atoms with van der Waals surface area (Å²) in [5.74, 6) is -0.489. The van der Waals surface area contributed by atoms with Crippen molar-refractivity contribution in [3.05, 3.63) is 89.5 Å². The second kappa shape index (κ2) is 12.0. The predicted molar refractivity (Wildman–Crippen MR) is 141 cm³/mol. The summed E-state index contributed by atoms with van der Waals surface area (Å²) in [6.07, 6.45) is -7.08. The largest absolute Gasteiger partial charge is 0.497 e. The molecule has 1 N–H and O–H groups in total. The van der Waals surface area contributed by atoms with E-state index in [2.05, 4.69) is 0 Å². The van der Waals surface area contributed by atoms with Crippen molar-refractivity contribution in [1.29, 1.82) is 0 Å². The minimum Gasteiger partial charge on any atom is -0.497 e. The number of benzene rings is 3. The number of methoxy groups -OCH3 is 1. The van der Waals surface area contributed by atoms with Crippen molar-refractivity contribution in [2.75, 3.05) is 13.7 Å². The first-order chi connectivity index (χ1) is 18.9. The minimum absolute atomic E-state index is 0.0449. The van der Waals surface area contributed by atoms with Gasteiger partial charge in [0, 0.05) is 0 Å². The number of carbonyl (C=O) groups excluding carboxylic acids is 1. The third kappa shape index (κ3) is 6.86. The number of ether oxygens (including phenoxy) is 3. The Hall–Kier alpha value is -3.33. The van der Waals surface area contributed by atoms with Crippen LogP contribution in [0.4, 0.5) is 0 Å². The Morgan fingerprint density at radius 1 is 0.775 bits per heavy atom. The molecule has 214 valence electrons. The van der Waals surface area contributed by atoms with E-state index in [9.17, 15) is 26.7 Å². The molecule has 0 spiro atoms. The SMILES string of the molecule is COc1ccc(C(=O)O[C@@H]2[C@H](OS(=O)(=O)c3ccc(C)cc3)[C@@H](OS(=O)(=O)c3ccc(C)cc3)CO[C@H]2O)cc1. The fourth-order valence-corrected chi connectivity index (χ4v) is 6.01. The van der Waals surface area contributed by atoms with Gasteiger partial charge in [0.1, 0.15) is 18.0 Å². The van der Waals surface area contributed by atoms with Crippen molar-refractivity contribution >= 4 is 26.2 Å². The zero-order valence-corrected chi connectivity index (χ0v) is 23.4. The van der Waals surface area contributed by atoms with E-state index in [1.165, 1.54) is 55.6 Å². The Bertz CT molecular complexity index is 1530. The fraction of sp³-hybridized carbons (Fsp3) is 0.296. The van der Waals surface area contributed by atoms with E-state index in [1.54, 1.807) is 38.1 Å². The van der Waals surface area contributed by atoms with E-state index in [1.807, 2.05) is 0 Å². The van der Waals surface area contributed by atoms with Crippen LogP contribution < -0.4 is 4.74 Å². The summed E-state index contributed by atoms with van der Waals surface area (Å²) in [5.41, 5.74) is 1.64. The van der Waals surface area contributed by atoms with Crippen molar-refractivity contribution in [1.82, 2.24) is 0 Å². The number of aryl methyl sites for hydroxylation is 2. The number of carbonyl (C=O) groups is 1. The Kier molecular flexibility index (Phi) is 8.93. The van der Waals surface area contributed by atoms with E-state index in [-0.39, 0.29) is 15.4 Å². The molecular weight excluding hydrogens is 564 g/mol. The molecule has 4 rings (SSSR count). The van der Waals surface area contributed by atoms with Crippen LogP contribution in [0.5, 0.6) is 5.75 Å². The van der Waals surface area contributed by atoms with E-state index in [4.69, 9.17) is 22.6 Å². The first-order valence-corrected chi connectivity index (χ1v) is 14.9. The first kappa shape index (κ1) is 29.6. The lowest BCUT2D eigenvalue weighted by atomic mass is 10.1. The third-order valence-electron chi connectivity index (χ3n) is 6.08. The van der Waals surface area contributed by atoms with Gasteiger partial charge in [0.05, 0.1) is 29.1 Å². The van der Waals surface area contributed by atoms with Gasteiger partial charge in [0.15, 0.2) is 12.4 Å². The van der Waals surface area contributed by atoms with Gasteiger partial charge in [-0.1, -0.05) is 35.4 Å². The second-order valence-electron chi connectivity index (χ2n) is 9.05. The number of hydrogen-bond donors (Lipinski definition) is 1. The van der Waals surface area contributed by atoms with Gasteiger partial charge in [-0.2, -0.15) is 16.8 Å². The summed E-state index contributed by atoms with van der Waals surface area (Å²) in [6, 6.07) is 17.3. The minimum atomic E-state index is -4.55. The molecule has 11 nitrogen and oxygen atoms in total. The van der Waals surface area contributed by atoms with Crippen molar-refractivity contribution in [3.8, 4) is 5.75 Å². The molecule has 1 saturated heterocycles. The number of rotatable bonds is 9. The quantitative estimate of drug-likeness (QED) is 0.288. The fourth-order valence-electron chi connectivity index (χ4n) is 3.83. The molecule has 0 radical (unpaired) electrons. The molecule has 3 aromatic carbocycles. The molecule has 0 aliphatic carbocycles. The van der Waals surface area contributed by atoms with Gasteiger partial charge < -0.3 is 19.3 Å². The monoisotopic (exact) mass is 592 g/mol. The normalized spacial score (nSPS) is 21.5. The van der Waals surface area contributed by atoms with E-state index >= 15 is 0 Å². The molecule has 0 amide bonds. The predicted octanol–water partition coefficient (Wildman–Crippen LogP) is 2.73. The summed E-state index contributed by atoms with van der Waals surface area (Å²) in [6.45, 7) is 2.95. The van der Waals surface area contributed by atoms with Crippen LogP contribution in [0.2, 0.25) is 0 Å². The topological polar surface area (TPSA) is 152 Å². The Morgan fingerprint density at radius 2 is 1.27 bits per heavy atom. The van der Waals surface area contributed by atoms with Crippen LogP contribution in [-0.2, 0) is 38.1 Å². The Morgan fingerprint density at radius 3 is 1.77 bits per heavy atom. The summed E-state index contributed by atoms with van der Waals surface area (Å²) in [7, 11) is -7.56. The lowest BCUT2D eigenvalue weighted by molar-refractivity contribution is -0.241. The van der Waals surface area contributed by atoms with E-state index < -0.39 is 57.4 Å². The van der Waals surface area contributed by atoms with Crippen LogP contribution in [0.3, 0.4) is 0 Å². The van der Waals surface area contributed by atoms with Gasteiger partial charge in [0.2, 0.25) is 0 Å². The van der Waals surface area contributed by atoms with Gasteiger partial charge >= 0.3 is 5.97 Å². The van der Waals surface area contributed by atoms with Gasteiger partial charge in [-0.05, 0) is 62.4 Å². The summed E-state index contributed by atoms with van der Waals surface area (Å²) in [4.78, 5) is 12.5. The lowest BCUT2D eigenvalue weighted by Crippen LogP contribution is -2.57. The van der Waals surface area contributed by atoms with Gasteiger partial charge in [-0.3, -0.25) is 8.37 Å². The number of esters is 1. The van der Waals surface area contributed by atoms with Gasteiger partial charge in [-0.25, -0.2) is 4.79 Å². The van der Waals surface area contributed by atoms with Crippen LogP contribution >= 0.6 is 0 Å². The highest BCUT2D eigenvalue weighted by atomic mass is 32.2. The molecule has 4 atom stereocenters. The maximum Gasteiger partial charge on any atom is 0.338 e. The molecular formula is C27H28O11S2. The van der Waals surface area contributed by atoms with Gasteiger partial charge in [-0.15, -0.1) is 0 Å². The standard InChI is InChI=1S/C27H28O11S2/c1-17-4-12-21(13-5-17)39(30,31)37-23-16-35-27(29)25(36-26(28)19-8-10-20(34-3)11-9-19)24(23)38-40(32,33)22-14-6-18(2)7-15-22/h4-15,23-25,27,29H,16H2,1-3H3/t23-,24+,25+,27+/m0/s1. The highest BCUT2D eigenvalue weighted by Crippen LogP contribution is 2.30. The Labute approximate surface area is 232 Å². The summed E-state index contributed by atoms with van der Waals surface area (Å²) >= 11 is 0. The van der Waals surface area contributed by atoms with Gasteiger partial charge in [0.25, 0.3) is 20.2 Å². The third-order valence-corrected chi connectivity index (χ3v) is 8.75. The number of aliphatic hydroxyl groups excluding tert-OH is 1. The lowest BCUT2D eigenvalue weighted by Gasteiger charge is -2.38. The average molecular weight is 593 g/mol. The molecule has 3 aromatic rings. The molecule has 0 unspecified atom stereocenters. The molecule has 1 aliphatic rings. The van der Waals surface area contributed by atoms with Crippen molar-refractivity contribution in [2.45, 2.75) is 48.2 Å². The number of hydrogen-bond acceptors (Lipinski definition) is 11. The molecule has 0 saturated carbocycles. The smallest absolute Gasteiger partial charge is 0.338 e. The average Bonchev–Trinajstić information content (AvgIpc) is 2.92. The van der Waals surface area contributed by atoms with E-state index in [0.29, 0.717) is 5.75 Å². The zero-order chi connectivity index (χ0) is 29.1. The molecule has 13 heteroatoms. The van der Waals surface area contributed by atoms with Crippen molar-refractivity contribution in [3.63, 3.8) is 0 Å². The first-order valence-electron chi connectivity index (χ1n) is 12.0. The van der Waals surface area contributed by atoms with Crippen LogP contribution in [-0.4, -0.2) is 66.2 Å². The maximum absolute atomic E-state index is 13.2. The Balaban J connectivity index is 1.68. The molecule has 1 fully saturated rings. The second-order valence-corrected chi connectivity index (χ2v) is 12.2. The maximum atomic E-state index is 13.2. The molecule has 1 aliphatic heterocycles. The summed E-state index contributed by atoms with van der Waals surface area (Å²) in [5, 5.41) is 10.6. The van der Waals surface area contributed by atoms with Crippen LogP contribution in [0, 0.1) is 13.8 Å². The van der Waals surface area contributed by atoms with Crippen LogP contribution in [0.1, 0.15) is 21.5 Å². The zero-order valence-electron chi connectivity index (χ0n) is 21.8. The van der Waals surface area contributed by atoms with E-state index in [0.717, 1.165) is 11.1 Å².